The second-order valence-corrected chi connectivity index (χ2v) is 8.34. The minimum absolute atomic E-state index is 0.0755. The van der Waals surface area contributed by atoms with Gasteiger partial charge >= 0.3 is 6.18 Å². The van der Waals surface area contributed by atoms with Crippen LogP contribution in [0.5, 0.6) is 5.75 Å². The smallest absolute Gasteiger partial charge is 0.416 e. The van der Waals surface area contributed by atoms with Crippen LogP contribution in [0, 0.1) is 0 Å². The number of hydrogen-bond donors (Lipinski definition) is 1. The van der Waals surface area contributed by atoms with Crippen molar-refractivity contribution in [1.82, 2.24) is 0 Å². The number of hydrogen-bond acceptors (Lipinski definition) is 4. The van der Waals surface area contributed by atoms with Gasteiger partial charge in [-0.3, -0.25) is 9.10 Å². The van der Waals surface area contributed by atoms with Gasteiger partial charge in [-0.2, -0.15) is 13.2 Å². The molecule has 164 valence electrons. The molecule has 0 aliphatic carbocycles. The molecular formula is C20H23F3N2O4S. The zero-order valence-electron chi connectivity index (χ0n) is 16.7. The average molecular weight is 444 g/mol. The fourth-order valence-corrected chi connectivity index (χ4v) is 4.13. The Morgan fingerprint density at radius 1 is 1.13 bits per heavy atom. The SMILES string of the molecule is CCOc1ccc(N(C(CC)C(=O)Nc2cccc(C(F)(F)F)c2)S(C)(=O)=O)cc1. The molecule has 6 nitrogen and oxygen atoms in total. The molecule has 1 atom stereocenters. The van der Waals surface area contributed by atoms with Crippen LogP contribution in [0.2, 0.25) is 0 Å². The van der Waals surface area contributed by atoms with Crippen molar-refractivity contribution in [3.05, 3.63) is 54.1 Å². The van der Waals surface area contributed by atoms with E-state index in [1.54, 1.807) is 19.1 Å². The van der Waals surface area contributed by atoms with Crippen molar-refractivity contribution in [3.8, 4) is 5.75 Å². The van der Waals surface area contributed by atoms with Gasteiger partial charge in [0.15, 0.2) is 0 Å². The van der Waals surface area contributed by atoms with E-state index in [0.717, 1.165) is 22.7 Å². The Balaban J connectivity index is 2.34. The summed E-state index contributed by atoms with van der Waals surface area (Å²) in [6.45, 7) is 3.86. The predicted molar refractivity (Wildman–Crippen MR) is 109 cm³/mol. The Hall–Kier alpha value is -2.75. The first-order valence-corrected chi connectivity index (χ1v) is 11.0. The van der Waals surface area contributed by atoms with Gasteiger partial charge in [0.1, 0.15) is 11.8 Å². The molecule has 10 heteroatoms. The molecule has 1 unspecified atom stereocenters. The zero-order chi connectivity index (χ0) is 22.5. The minimum atomic E-state index is -4.56. The van der Waals surface area contributed by atoms with Gasteiger partial charge in [-0.1, -0.05) is 13.0 Å². The normalized spacial score (nSPS) is 12.9. The third-order valence-corrected chi connectivity index (χ3v) is 5.37. The first-order valence-electron chi connectivity index (χ1n) is 9.17. The van der Waals surface area contributed by atoms with Gasteiger partial charge < -0.3 is 10.1 Å². The molecular weight excluding hydrogens is 421 g/mol. The van der Waals surface area contributed by atoms with Crippen molar-refractivity contribution in [2.75, 3.05) is 22.5 Å². The monoisotopic (exact) mass is 444 g/mol. The van der Waals surface area contributed by atoms with Crippen LogP contribution in [0.15, 0.2) is 48.5 Å². The Labute approximate surface area is 173 Å². The minimum Gasteiger partial charge on any atom is -0.494 e. The molecule has 0 spiro atoms. The highest BCUT2D eigenvalue weighted by molar-refractivity contribution is 7.92. The molecule has 2 aromatic rings. The Morgan fingerprint density at radius 2 is 1.77 bits per heavy atom. The van der Waals surface area contributed by atoms with Crippen LogP contribution in [0.3, 0.4) is 0 Å². The van der Waals surface area contributed by atoms with Crippen molar-refractivity contribution in [2.24, 2.45) is 0 Å². The van der Waals surface area contributed by atoms with Gasteiger partial charge in [0.25, 0.3) is 0 Å². The van der Waals surface area contributed by atoms with Gasteiger partial charge in [-0.05, 0) is 55.8 Å². The molecule has 1 N–H and O–H groups in total. The summed E-state index contributed by atoms with van der Waals surface area (Å²) in [5, 5.41) is 2.39. The number of rotatable bonds is 8. The summed E-state index contributed by atoms with van der Waals surface area (Å²) in [4.78, 5) is 12.8. The van der Waals surface area contributed by atoms with Gasteiger partial charge in [0, 0.05) is 5.69 Å². The highest BCUT2D eigenvalue weighted by Gasteiger charge is 2.33. The van der Waals surface area contributed by atoms with Crippen LogP contribution in [0.4, 0.5) is 24.5 Å². The summed E-state index contributed by atoms with van der Waals surface area (Å²) in [6, 6.07) is 9.16. The molecule has 1 amide bonds. The summed E-state index contributed by atoms with van der Waals surface area (Å²) in [5.74, 6) is -0.202. The lowest BCUT2D eigenvalue weighted by Gasteiger charge is -2.30. The molecule has 30 heavy (non-hydrogen) atoms. The second-order valence-electron chi connectivity index (χ2n) is 6.48. The third kappa shape index (κ3) is 5.88. The number of anilines is 2. The van der Waals surface area contributed by atoms with Crippen molar-refractivity contribution in [3.63, 3.8) is 0 Å². The maximum absolute atomic E-state index is 12.9. The number of amides is 1. The molecule has 0 fully saturated rings. The molecule has 0 radical (unpaired) electrons. The predicted octanol–water partition coefficient (Wildman–Crippen LogP) is 4.29. The maximum atomic E-state index is 12.9. The van der Waals surface area contributed by atoms with E-state index in [0.29, 0.717) is 12.4 Å². The highest BCUT2D eigenvalue weighted by Crippen LogP contribution is 2.31. The van der Waals surface area contributed by atoms with E-state index in [1.807, 2.05) is 6.92 Å². The number of ether oxygens (including phenoxy) is 1. The van der Waals surface area contributed by atoms with E-state index in [1.165, 1.54) is 24.3 Å². The number of sulfonamides is 1. The number of carbonyl (C=O) groups is 1. The van der Waals surface area contributed by atoms with Gasteiger partial charge in [0.2, 0.25) is 15.9 Å². The van der Waals surface area contributed by atoms with Crippen molar-refractivity contribution in [2.45, 2.75) is 32.5 Å². The Bertz CT molecular complexity index is 976. The largest absolute Gasteiger partial charge is 0.494 e. The fourth-order valence-electron chi connectivity index (χ4n) is 2.92. The van der Waals surface area contributed by atoms with Crippen LogP contribution in [0.25, 0.3) is 0 Å². The average Bonchev–Trinajstić information content (AvgIpc) is 2.65. The molecule has 0 aliphatic rings. The lowest BCUT2D eigenvalue weighted by Crippen LogP contribution is -2.47. The van der Waals surface area contributed by atoms with Gasteiger partial charge in [-0.25, -0.2) is 8.42 Å². The summed E-state index contributed by atoms with van der Waals surface area (Å²) < 4.78 is 69.9. The second kappa shape index (κ2) is 9.38. The van der Waals surface area contributed by atoms with Crippen LogP contribution in [-0.4, -0.2) is 33.2 Å². The lowest BCUT2D eigenvalue weighted by molar-refractivity contribution is -0.137. The number of nitrogens with zero attached hydrogens (tertiary/aromatic N) is 1. The van der Waals surface area contributed by atoms with Crippen LogP contribution in [0.1, 0.15) is 25.8 Å². The van der Waals surface area contributed by atoms with E-state index < -0.39 is 33.7 Å². The first kappa shape index (κ1) is 23.5. The van der Waals surface area contributed by atoms with Gasteiger partial charge in [0.05, 0.1) is 24.1 Å². The zero-order valence-corrected chi connectivity index (χ0v) is 17.5. The molecule has 2 aromatic carbocycles. The molecule has 0 saturated carbocycles. The summed E-state index contributed by atoms with van der Waals surface area (Å²) in [7, 11) is -3.87. The number of carbonyl (C=O) groups excluding carboxylic acids is 1. The standard InChI is InChI=1S/C20H23F3N2O4S/c1-4-18(19(26)24-15-8-6-7-14(13-15)20(21,22)23)25(30(3,27)28)16-9-11-17(12-10-16)29-5-2/h6-13,18H,4-5H2,1-3H3,(H,24,26). The van der Waals surface area contributed by atoms with E-state index in [9.17, 15) is 26.4 Å². The molecule has 0 aliphatic heterocycles. The molecule has 0 aromatic heterocycles. The molecule has 0 bridgehead atoms. The Kier molecular flexibility index (Phi) is 7.35. The first-order chi connectivity index (χ1) is 14.0. The Morgan fingerprint density at radius 3 is 2.27 bits per heavy atom. The van der Waals surface area contributed by atoms with Crippen molar-refractivity contribution >= 4 is 27.3 Å². The number of benzene rings is 2. The van der Waals surface area contributed by atoms with E-state index in [-0.39, 0.29) is 17.8 Å². The number of alkyl halides is 3. The topological polar surface area (TPSA) is 75.7 Å². The quantitative estimate of drug-likeness (QED) is 0.659. The summed E-state index contributed by atoms with van der Waals surface area (Å²) in [5.41, 5.74) is -0.750. The van der Waals surface area contributed by atoms with Crippen molar-refractivity contribution < 1.29 is 31.1 Å². The van der Waals surface area contributed by atoms with E-state index >= 15 is 0 Å². The summed E-state index contributed by atoms with van der Waals surface area (Å²) >= 11 is 0. The molecule has 2 rings (SSSR count). The van der Waals surface area contributed by atoms with E-state index in [4.69, 9.17) is 4.74 Å². The van der Waals surface area contributed by atoms with E-state index in [2.05, 4.69) is 5.32 Å². The fraction of sp³-hybridized carbons (Fsp3) is 0.350. The highest BCUT2D eigenvalue weighted by atomic mass is 32.2. The number of nitrogens with one attached hydrogen (secondary N) is 1. The third-order valence-electron chi connectivity index (χ3n) is 4.19. The summed E-state index contributed by atoms with van der Waals surface area (Å²) in [6.07, 6.45) is -3.50. The molecule has 0 heterocycles. The number of halogens is 3. The maximum Gasteiger partial charge on any atom is 0.416 e. The lowest BCUT2D eigenvalue weighted by atomic mass is 10.1. The van der Waals surface area contributed by atoms with Crippen LogP contribution < -0.4 is 14.4 Å². The van der Waals surface area contributed by atoms with Gasteiger partial charge in [-0.15, -0.1) is 0 Å². The van der Waals surface area contributed by atoms with Crippen LogP contribution >= 0.6 is 0 Å². The van der Waals surface area contributed by atoms with Crippen LogP contribution in [-0.2, 0) is 21.0 Å². The molecule has 0 saturated heterocycles. The van der Waals surface area contributed by atoms with Crippen molar-refractivity contribution in [1.29, 1.82) is 0 Å².